The zero-order chi connectivity index (χ0) is 23.8. The molecular weight excluding hydrogens is 458 g/mol. The normalized spacial score (nSPS) is 10.9. The van der Waals surface area contributed by atoms with Crippen LogP contribution in [0, 0.1) is 0 Å². The number of anilines is 3. The van der Waals surface area contributed by atoms with E-state index in [9.17, 15) is 8.42 Å². The summed E-state index contributed by atoms with van der Waals surface area (Å²) in [5.41, 5.74) is 1.80. The molecule has 0 bridgehead atoms. The van der Waals surface area contributed by atoms with Crippen LogP contribution in [0.1, 0.15) is 13.8 Å². The van der Waals surface area contributed by atoms with E-state index in [1.807, 2.05) is 37.3 Å². The van der Waals surface area contributed by atoms with Crippen LogP contribution in [0.4, 0.5) is 17.1 Å². The van der Waals surface area contributed by atoms with E-state index in [1.165, 1.54) is 23.5 Å². The molecule has 0 fully saturated rings. The SMILES string of the molecule is CCOc1ccc(NC(=S)Nc2cc(S(=O)(=O)N(CC)c3ccccc3)ccc2OC)cc1. The number of hydrogen-bond donors (Lipinski definition) is 2. The quantitative estimate of drug-likeness (QED) is 0.407. The first-order chi connectivity index (χ1) is 15.9. The molecule has 0 spiro atoms. The lowest BCUT2D eigenvalue weighted by atomic mass is 10.3. The molecular formula is C24H27N3O4S2. The molecule has 3 aromatic rings. The minimum absolute atomic E-state index is 0.125. The molecule has 0 aliphatic carbocycles. The highest BCUT2D eigenvalue weighted by Crippen LogP contribution is 2.31. The Hall–Kier alpha value is -3.30. The van der Waals surface area contributed by atoms with Gasteiger partial charge in [0.15, 0.2) is 5.11 Å². The van der Waals surface area contributed by atoms with E-state index >= 15 is 0 Å². The van der Waals surface area contributed by atoms with E-state index < -0.39 is 10.0 Å². The second-order valence-corrected chi connectivity index (χ2v) is 9.17. The zero-order valence-corrected chi connectivity index (χ0v) is 20.4. The third kappa shape index (κ3) is 5.94. The lowest BCUT2D eigenvalue weighted by Gasteiger charge is -2.23. The summed E-state index contributed by atoms with van der Waals surface area (Å²) in [4.78, 5) is 0.125. The molecule has 33 heavy (non-hydrogen) atoms. The number of methoxy groups -OCH3 is 1. The Bertz CT molecular complexity index is 1180. The molecule has 9 heteroatoms. The molecule has 0 saturated heterocycles. The number of hydrogen-bond acceptors (Lipinski definition) is 5. The number of ether oxygens (including phenoxy) is 2. The first-order valence-corrected chi connectivity index (χ1v) is 12.3. The maximum atomic E-state index is 13.4. The molecule has 2 N–H and O–H groups in total. The first-order valence-electron chi connectivity index (χ1n) is 10.5. The summed E-state index contributed by atoms with van der Waals surface area (Å²) in [6.07, 6.45) is 0. The van der Waals surface area contributed by atoms with E-state index in [0.717, 1.165) is 11.4 Å². The van der Waals surface area contributed by atoms with E-state index in [4.69, 9.17) is 21.7 Å². The molecule has 0 unspecified atom stereocenters. The molecule has 0 heterocycles. The Morgan fingerprint density at radius 2 is 1.67 bits per heavy atom. The smallest absolute Gasteiger partial charge is 0.264 e. The maximum absolute atomic E-state index is 13.4. The van der Waals surface area contributed by atoms with Gasteiger partial charge in [0.2, 0.25) is 0 Å². The van der Waals surface area contributed by atoms with Gasteiger partial charge in [-0.25, -0.2) is 8.42 Å². The fourth-order valence-corrected chi connectivity index (χ4v) is 4.97. The summed E-state index contributed by atoms with van der Waals surface area (Å²) < 4.78 is 39.0. The van der Waals surface area contributed by atoms with Crippen molar-refractivity contribution in [2.45, 2.75) is 18.7 Å². The van der Waals surface area contributed by atoms with Crippen molar-refractivity contribution in [1.29, 1.82) is 0 Å². The van der Waals surface area contributed by atoms with Gasteiger partial charge in [-0.15, -0.1) is 0 Å². The summed E-state index contributed by atoms with van der Waals surface area (Å²) in [5, 5.41) is 6.41. The average molecular weight is 486 g/mol. The highest BCUT2D eigenvalue weighted by molar-refractivity contribution is 7.92. The summed E-state index contributed by atoms with van der Waals surface area (Å²) >= 11 is 5.43. The number of para-hydroxylation sites is 1. The average Bonchev–Trinajstić information content (AvgIpc) is 2.81. The van der Waals surface area contributed by atoms with Gasteiger partial charge in [0, 0.05) is 12.2 Å². The van der Waals surface area contributed by atoms with Crippen molar-refractivity contribution in [2.24, 2.45) is 0 Å². The number of sulfonamides is 1. The number of nitrogens with one attached hydrogen (secondary N) is 2. The summed E-state index contributed by atoms with van der Waals surface area (Å²) in [6.45, 7) is 4.60. The summed E-state index contributed by atoms with van der Waals surface area (Å²) in [7, 11) is -2.28. The number of rotatable bonds is 9. The van der Waals surface area contributed by atoms with Crippen molar-refractivity contribution < 1.29 is 17.9 Å². The largest absolute Gasteiger partial charge is 0.495 e. The van der Waals surface area contributed by atoms with Gasteiger partial charge in [-0.05, 0) is 80.7 Å². The fraction of sp³-hybridized carbons (Fsp3) is 0.208. The van der Waals surface area contributed by atoms with Gasteiger partial charge < -0.3 is 20.1 Å². The van der Waals surface area contributed by atoms with Crippen LogP contribution in [0.15, 0.2) is 77.7 Å². The van der Waals surface area contributed by atoms with Crippen molar-refractivity contribution >= 4 is 44.4 Å². The standard InChI is InChI=1S/C24H27N3O4S2/c1-4-27(19-9-7-6-8-10-19)33(28,29)21-15-16-23(30-3)22(17-21)26-24(32)25-18-11-13-20(14-12-18)31-5-2/h6-17H,4-5H2,1-3H3,(H2,25,26,32). The van der Waals surface area contributed by atoms with E-state index in [-0.39, 0.29) is 4.90 Å². The third-order valence-corrected chi connectivity index (χ3v) is 6.86. The van der Waals surface area contributed by atoms with Gasteiger partial charge in [0.05, 0.1) is 30.0 Å². The highest BCUT2D eigenvalue weighted by Gasteiger charge is 2.25. The second kappa shape index (κ2) is 11.0. The molecule has 0 aromatic heterocycles. The fourth-order valence-electron chi connectivity index (χ4n) is 3.24. The molecule has 0 saturated carbocycles. The Labute approximate surface area is 200 Å². The van der Waals surface area contributed by atoms with Crippen molar-refractivity contribution in [1.82, 2.24) is 0 Å². The Morgan fingerprint density at radius 3 is 2.27 bits per heavy atom. The third-order valence-electron chi connectivity index (χ3n) is 4.76. The van der Waals surface area contributed by atoms with Gasteiger partial charge in [0.1, 0.15) is 11.5 Å². The molecule has 0 radical (unpaired) electrons. The summed E-state index contributed by atoms with van der Waals surface area (Å²) in [6, 6.07) is 21.0. The predicted molar refractivity (Wildman–Crippen MR) is 137 cm³/mol. The molecule has 0 amide bonds. The lowest BCUT2D eigenvalue weighted by Crippen LogP contribution is -2.30. The van der Waals surface area contributed by atoms with Crippen LogP contribution in [0.5, 0.6) is 11.5 Å². The van der Waals surface area contributed by atoms with Gasteiger partial charge in [-0.1, -0.05) is 18.2 Å². The van der Waals surface area contributed by atoms with Crippen LogP contribution in [0.3, 0.4) is 0 Å². The monoisotopic (exact) mass is 485 g/mol. The Kier molecular flexibility index (Phi) is 8.13. The maximum Gasteiger partial charge on any atom is 0.264 e. The number of benzene rings is 3. The minimum atomic E-state index is -3.80. The Balaban J connectivity index is 1.83. The van der Waals surface area contributed by atoms with E-state index in [2.05, 4.69) is 10.6 Å². The molecule has 0 atom stereocenters. The van der Waals surface area contributed by atoms with Crippen LogP contribution in [0.25, 0.3) is 0 Å². The molecule has 0 aliphatic rings. The first kappa shape index (κ1) is 24.3. The molecule has 3 rings (SSSR count). The zero-order valence-electron chi connectivity index (χ0n) is 18.7. The van der Waals surface area contributed by atoms with Crippen LogP contribution >= 0.6 is 12.2 Å². The lowest BCUT2D eigenvalue weighted by molar-refractivity contribution is 0.340. The van der Waals surface area contributed by atoms with Crippen LogP contribution in [-0.2, 0) is 10.0 Å². The van der Waals surface area contributed by atoms with Gasteiger partial charge >= 0.3 is 0 Å². The molecule has 7 nitrogen and oxygen atoms in total. The van der Waals surface area contributed by atoms with Crippen molar-refractivity contribution in [3.63, 3.8) is 0 Å². The van der Waals surface area contributed by atoms with Crippen molar-refractivity contribution in [3.8, 4) is 11.5 Å². The highest BCUT2D eigenvalue weighted by atomic mass is 32.2. The van der Waals surface area contributed by atoms with Gasteiger partial charge in [0.25, 0.3) is 10.0 Å². The Morgan fingerprint density at radius 1 is 0.970 bits per heavy atom. The van der Waals surface area contributed by atoms with Crippen LogP contribution in [-0.4, -0.2) is 33.8 Å². The predicted octanol–water partition coefficient (Wildman–Crippen LogP) is 5.12. The molecule has 0 aliphatic heterocycles. The molecule has 3 aromatic carbocycles. The van der Waals surface area contributed by atoms with Crippen LogP contribution in [0.2, 0.25) is 0 Å². The van der Waals surface area contributed by atoms with Gasteiger partial charge in [-0.2, -0.15) is 0 Å². The number of nitrogens with zero attached hydrogens (tertiary/aromatic N) is 1. The summed E-state index contributed by atoms with van der Waals surface area (Å²) in [5.74, 6) is 1.23. The van der Waals surface area contributed by atoms with Crippen molar-refractivity contribution in [3.05, 3.63) is 72.8 Å². The van der Waals surface area contributed by atoms with Gasteiger partial charge in [-0.3, -0.25) is 4.31 Å². The van der Waals surface area contributed by atoms with Crippen LogP contribution < -0.4 is 24.4 Å². The second-order valence-electron chi connectivity index (χ2n) is 6.90. The molecule has 174 valence electrons. The van der Waals surface area contributed by atoms with Crippen molar-refractivity contribution in [2.75, 3.05) is 35.2 Å². The van der Waals surface area contributed by atoms with E-state index in [1.54, 1.807) is 37.3 Å². The number of thiocarbonyl (C=S) groups is 1. The van der Waals surface area contributed by atoms with E-state index in [0.29, 0.717) is 35.4 Å². The minimum Gasteiger partial charge on any atom is -0.495 e. The topological polar surface area (TPSA) is 79.9 Å².